The van der Waals surface area contributed by atoms with E-state index in [9.17, 15) is 0 Å². The smallest absolute Gasteiger partial charge is 0.127 e. The van der Waals surface area contributed by atoms with Crippen LogP contribution in [0.25, 0.3) is 5.52 Å². The molecule has 2 N–H and O–H groups in total. The molecule has 2 rings (SSSR count). The second kappa shape index (κ2) is 2.37. The summed E-state index contributed by atoms with van der Waals surface area (Å²) in [5, 5.41) is 0. The van der Waals surface area contributed by atoms with Crippen molar-refractivity contribution < 1.29 is 0 Å². The van der Waals surface area contributed by atoms with Crippen LogP contribution in [0.15, 0.2) is 24.5 Å². The fourth-order valence-corrected chi connectivity index (χ4v) is 1.57. The average molecular weight is 259 g/mol. The van der Waals surface area contributed by atoms with Crippen molar-refractivity contribution in [1.29, 1.82) is 0 Å². The van der Waals surface area contributed by atoms with E-state index in [-0.39, 0.29) is 0 Å². The van der Waals surface area contributed by atoms with Crippen LogP contribution in [0.4, 0.5) is 5.82 Å². The lowest BCUT2D eigenvalue weighted by atomic mass is 10.4. The highest BCUT2D eigenvalue weighted by Crippen LogP contribution is 2.14. The number of nitrogen functional groups attached to an aromatic ring is 1. The van der Waals surface area contributed by atoms with Gasteiger partial charge in [0.25, 0.3) is 0 Å². The number of aromatic nitrogens is 2. The van der Waals surface area contributed by atoms with Crippen LogP contribution in [0.3, 0.4) is 0 Å². The van der Waals surface area contributed by atoms with Gasteiger partial charge in [-0.25, -0.2) is 4.98 Å². The van der Waals surface area contributed by atoms with Crippen molar-refractivity contribution in [3.8, 4) is 0 Å². The first kappa shape index (κ1) is 6.90. The van der Waals surface area contributed by atoms with Crippen molar-refractivity contribution in [3.05, 3.63) is 28.2 Å². The van der Waals surface area contributed by atoms with Gasteiger partial charge in [0.1, 0.15) is 15.8 Å². The Morgan fingerprint density at radius 1 is 1.45 bits per heavy atom. The van der Waals surface area contributed by atoms with E-state index in [1.807, 2.05) is 22.6 Å². The zero-order valence-electron chi connectivity index (χ0n) is 5.66. The molecule has 4 heteroatoms. The summed E-state index contributed by atoms with van der Waals surface area (Å²) in [6.45, 7) is 0. The number of imidazole rings is 1. The second-order valence-electron chi connectivity index (χ2n) is 2.24. The van der Waals surface area contributed by atoms with E-state index in [4.69, 9.17) is 5.73 Å². The quantitative estimate of drug-likeness (QED) is 0.729. The van der Waals surface area contributed by atoms with Crippen LogP contribution in [0.1, 0.15) is 0 Å². The minimum absolute atomic E-state index is 0.720. The molecule has 0 fully saturated rings. The van der Waals surface area contributed by atoms with Crippen LogP contribution in [-0.4, -0.2) is 9.38 Å². The number of halogens is 1. The molecule has 0 amide bonds. The van der Waals surface area contributed by atoms with Gasteiger partial charge in [-0.2, -0.15) is 0 Å². The molecule has 0 spiro atoms. The van der Waals surface area contributed by atoms with E-state index in [2.05, 4.69) is 27.6 Å². The number of pyridine rings is 1. The van der Waals surface area contributed by atoms with Crippen LogP contribution in [0.2, 0.25) is 0 Å². The second-order valence-corrected chi connectivity index (χ2v) is 3.26. The van der Waals surface area contributed by atoms with Gasteiger partial charge in [-0.15, -0.1) is 0 Å². The summed E-state index contributed by atoms with van der Waals surface area (Å²) in [7, 11) is 0. The van der Waals surface area contributed by atoms with Gasteiger partial charge >= 0.3 is 0 Å². The number of nitrogens with two attached hydrogens (primary N) is 1. The zero-order valence-corrected chi connectivity index (χ0v) is 7.82. The lowest BCUT2D eigenvalue weighted by Crippen LogP contribution is -1.93. The molecule has 0 bridgehead atoms. The first-order chi connectivity index (χ1) is 5.29. The number of fused-ring (bicyclic) bond motifs is 1. The number of anilines is 1. The maximum absolute atomic E-state index is 5.69. The van der Waals surface area contributed by atoms with E-state index >= 15 is 0 Å². The van der Waals surface area contributed by atoms with E-state index < -0.39 is 0 Å². The Balaban J connectivity index is 2.94. The van der Waals surface area contributed by atoms with Crippen LogP contribution in [0, 0.1) is 3.70 Å². The summed E-state index contributed by atoms with van der Waals surface area (Å²) in [6, 6.07) is 5.77. The predicted molar refractivity (Wildman–Crippen MR) is 52.3 cm³/mol. The summed E-state index contributed by atoms with van der Waals surface area (Å²) in [6.07, 6.45) is 1.73. The summed E-state index contributed by atoms with van der Waals surface area (Å²) in [4.78, 5) is 4.13. The van der Waals surface area contributed by atoms with Crippen molar-refractivity contribution in [2.75, 3.05) is 5.73 Å². The summed E-state index contributed by atoms with van der Waals surface area (Å²) in [5.41, 5.74) is 6.75. The van der Waals surface area contributed by atoms with Gasteiger partial charge in [-0.05, 0) is 34.7 Å². The van der Waals surface area contributed by atoms with Gasteiger partial charge in [0.15, 0.2) is 0 Å². The standard InChI is InChI=1S/C7H6IN3/c8-7-5-2-1-3-6(9)11(5)4-10-7/h1-4H,9H2. The van der Waals surface area contributed by atoms with Crippen molar-refractivity contribution in [2.24, 2.45) is 0 Å². The normalized spacial score (nSPS) is 10.6. The minimum Gasteiger partial charge on any atom is -0.385 e. The molecule has 0 aromatic carbocycles. The van der Waals surface area contributed by atoms with E-state index in [0.717, 1.165) is 15.0 Å². The Hall–Kier alpha value is -0.780. The summed E-state index contributed by atoms with van der Waals surface area (Å²) < 4.78 is 2.84. The molecule has 2 aromatic heterocycles. The van der Waals surface area contributed by atoms with E-state index in [0.29, 0.717) is 0 Å². The van der Waals surface area contributed by atoms with Gasteiger partial charge in [0, 0.05) is 0 Å². The van der Waals surface area contributed by atoms with E-state index in [1.54, 1.807) is 6.33 Å². The Morgan fingerprint density at radius 2 is 2.27 bits per heavy atom. The SMILES string of the molecule is Nc1cccc2c(I)ncn12. The molecular formula is C7H6IN3. The summed E-state index contributed by atoms with van der Waals surface area (Å²) >= 11 is 2.18. The Bertz CT molecular complexity index is 393. The molecule has 0 aliphatic carbocycles. The molecule has 0 aliphatic heterocycles. The first-order valence-electron chi connectivity index (χ1n) is 3.16. The largest absolute Gasteiger partial charge is 0.385 e. The third-order valence-corrected chi connectivity index (χ3v) is 2.39. The molecule has 0 saturated heterocycles. The summed E-state index contributed by atoms with van der Waals surface area (Å²) in [5.74, 6) is 0.720. The van der Waals surface area contributed by atoms with Gasteiger partial charge in [0.05, 0.1) is 5.52 Å². The van der Waals surface area contributed by atoms with Crippen molar-refractivity contribution in [2.45, 2.75) is 0 Å². The monoisotopic (exact) mass is 259 g/mol. The van der Waals surface area contributed by atoms with Crippen LogP contribution in [-0.2, 0) is 0 Å². The third-order valence-electron chi connectivity index (χ3n) is 1.56. The topological polar surface area (TPSA) is 43.3 Å². The van der Waals surface area contributed by atoms with Gasteiger partial charge in [-0.1, -0.05) is 6.07 Å². The van der Waals surface area contributed by atoms with Gasteiger partial charge in [0.2, 0.25) is 0 Å². The first-order valence-corrected chi connectivity index (χ1v) is 4.24. The van der Waals surface area contributed by atoms with Gasteiger partial charge < -0.3 is 5.73 Å². The Kier molecular flexibility index (Phi) is 1.49. The Labute approximate surface area is 77.4 Å². The zero-order chi connectivity index (χ0) is 7.84. The highest BCUT2D eigenvalue weighted by molar-refractivity contribution is 14.1. The fraction of sp³-hybridized carbons (Fsp3) is 0. The van der Waals surface area contributed by atoms with Crippen LogP contribution in [0.5, 0.6) is 0 Å². The van der Waals surface area contributed by atoms with Crippen molar-refractivity contribution >= 4 is 33.9 Å². The number of hydrogen-bond acceptors (Lipinski definition) is 2. The average Bonchev–Trinajstić information content (AvgIpc) is 2.35. The predicted octanol–water partition coefficient (Wildman–Crippen LogP) is 1.52. The van der Waals surface area contributed by atoms with Crippen molar-refractivity contribution in [3.63, 3.8) is 0 Å². The van der Waals surface area contributed by atoms with Gasteiger partial charge in [-0.3, -0.25) is 4.40 Å². The lowest BCUT2D eigenvalue weighted by molar-refractivity contribution is 1.16. The minimum atomic E-state index is 0.720. The molecular weight excluding hydrogens is 253 g/mol. The van der Waals surface area contributed by atoms with Crippen LogP contribution < -0.4 is 5.73 Å². The molecule has 0 unspecified atom stereocenters. The van der Waals surface area contributed by atoms with Crippen LogP contribution >= 0.6 is 22.6 Å². The number of rotatable bonds is 0. The van der Waals surface area contributed by atoms with E-state index in [1.165, 1.54) is 0 Å². The fourth-order valence-electron chi connectivity index (χ4n) is 1.01. The molecule has 0 radical (unpaired) electrons. The molecule has 0 aliphatic rings. The molecule has 56 valence electrons. The molecule has 11 heavy (non-hydrogen) atoms. The van der Waals surface area contributed by atoms with Crippen molar-refractivity contribution in [1.82, 2.24) is 9.38 Å². The highest BCUT2D eigenvalue weighted by atomic mass is 127. The number of nitrogens with zero attached hydrogens (tertiary/aromatic N) is 2. The Morgan fingerprint density at radius 3 is 3.00 bits per heavy atom. The molecule has 0 atom stereocenters. The molecule has 0 saturated carbocycles. The lowest BCUT2D eigenvalue weighted by Gasteiger charge is -1.96. The highest BCUT2D eigenvalue weighted by Gasteiger charge is 2.00. The molecule has 3 nitrogen and oxygen atoms in total. The maximum atomic E-state index is 5.69. The number of hydrogen-bond donors (Lipinski definition) is 1. The molecule has 2 heterocycles. The molecule has 2 aromatic rings. The third kappa shape index (κ3) is 0.973. The maximum Gasteiger partial charge on any atom is 0.127 e.